The zero-order valence-electron chi connectivity index (χ0n) is 11.8. The molecule has 0 bridgehead atoms. The molecule has 3 rings (SSSR count). The summed E-state index contributed by atoms with van der Waals surface area (Å²) >= 11 is 1.68. The van der Waals surface area contributed by atoms with Crippen molar-refractivity contribution in [3.05, 3.63) is 44.9 Å². The zero-order valence-corrected chi connectivity index (χ0v) is 12.6. The van der Waals surface area contributed by atoms with E-state index in [9.17, 15) is 0 Å². The van der Waals surface area contributed by atoms with Crippen LogP contribution in [0.1, 0.15) is 39.2 Å². The fourth-order valence-corrected chi connectivity index (χ4v) is 3.77. The minimum Gasteiger partial charge on any atom is -0.493 e. The number of fused-ring (bicyclic) bond motifs is 1. The van der Waals surface area contributed by atoms with Crippen molar-refractivity contribution in [1.82, 2.24) is 10.4 Å². The fourth-order valence-electron chi connectivity index (χ4n) is 2.76. The first-order valence-electron chi connectivity index (χ1n) is 6.85. The van der Waals surface area contributed by atoms with Gasteiger partial charge in [-0.1, -0.05) is 18.2 Å². The number of thiazole rings is 1. The quantitative estimate of drug-likeness (QED) is 0.673. The van der Waals surface area contributed by atoms with E-state index in [2.05, 4.69) is 28.6 Å². The van der Waals surface area contributed by atoms with Gasteiger partial charge in [0.1, 0.15) is 5.75 Å². The normalized spacial score (nSPS) is 15.6. The third-order valence-electron chi connectivity index (χ3n) is 3.64. The number of nitrogens with two attached hydrogens (primary N) is 1. The molecular formula is C15H19N3OS. The van der Waals surface area contributed by atoms with Crippen LogP contribution in [0.15, 0.2) is 18.2 Å². The van der Waals surface area contributed by atoms with Crippen LogP contribution in [0, 0.1) is 13.8 Å². The van der Waals surface area contributed by atoms with Gasteiger partial charge in [-0.3, -0.25) is 5.84 Å². The van der Waals surface area contributed by atoms with Gasteiger partial charge in [0.25, 0.3) is 0 Å². The van der Waals surface area contributed by atoms with Gasteiger partial charge in [0.2, 0.25) is 0 Å². The second-order valence-electron chi connectivity index (χ2n) is 5.07. The van der Waals surface area contributed by atoms with E-state index in [1.165, 1.54) is 5.56 Å². The minimum absolute atomic E-state index is 0.0609. The van der Waals surface area contributed by atoms with E-state index in [-0.39, 0.29) is 6.04 Å². The van der Waals surface area contributed by atoms with Gasteiger partial charge in [0, 0.05) is 5.56 Å². The number of hydrogen-bond donors (Lipinski definition) is 2. The molecule has 0 radical (unpaired) electrons. The second kappa shape index (κ2) is 5.52. The van der Waals surface area contributed by atoms with E-state index >= 15 is 0 Å². The molecule has 5 heteroatoms. The number of para-hydroxylation sites is 1. The van der Waals surface area contributed by atoms with Gasteiger partial charge in [0.05, 0.1) is 28.2 Å². The molecule has 1 aromatic heterocycles. The minimum atomic E-state index is -0.0609. The summed E-state index contributed by atoms with van der Waals surface area (Å²) in [6.45, 7) is 4.83. The topological polar surface area (TPSA) is 60.2 Å². The molecule has 4 nitrogen and oxygen atoms in total. The Labute approximate surface area is 123 Å². The Morgan fingerprint density at radius 3 is 2.95 bits per heavy atom. The summed E-state index contributed by atoms with van der Waals surface area (Å²) in [7, 11) is 0. The van der Waals surface area contributed by atoms with E-state index in [4.69, 9.17) is 10.6 Å². The Bertz CT molecular complexity index is 624. The van der Waals surface area contributed by atoms with E-state index < -0.39 is 0 Å². The molecule has 0 fully saturated rings. The van der Waals surface area contributed by atoms with Gasteiger partial charge < -0.3 is 4.74 Å². The summed E-state index contributed by atoms with van der Waals surface area (Å²) in [5, 5.41) is 1.06. The maximum atomic E-state index is 5.89. The lowest BCUT2D eigenvalue weighted by molar-refractivity contribution is 0.283. The van der Waals surface area contributed by atoms with E-state index in [1.54, 1.807) is 11.3 Å². The molecule has 2 heterocycles. The average molecular weight is 289 g/mol. The van der Waals surface area contributed by atoms with Crippen molar-refractivity contribution < 1.29 is 4.74 Å². The van der Waals surface area contributed by atoms with Crippen LogP contribution in [0.4, 0.5) is 0 Å². The molecule has 2 aromatic rings. The number of rotatable bonds is 3. The van der Waals surface area contributed by atoms with E-state index in [1.807, 2.05) is 13.8 Å². The van der Waals surface area contributed by atoms with Crippen LogP contribution in [0.25, 0.3) is 0 Å². The second-order valence-corrected chi connectivity index (χ2v) is 6.30. The standard InChI is InChI=1S/C15H19N3OS/c1-9-15(20-10(2)17-9)13(18-16)12-7-3-5-11-6-4-8-19-14(11)12/h3,5,7,13,18H,4,6,8,16H2,1-2H3. The number of nitrogens with zero attached hydrogens (tertiary/aromatic N) is 1. The Hall–Kier alpha value is -1.43. The highest BCUT2D eigenvalue weighted by Gasteiger charge is 2.24. The molecule has 1 atom stereocenters. The predicted octanol–water partition coefficient (Wildman–Crippen LogP) is 2.64. The van der Waals surface area contributed by atoms with Crippen LogP contribution in [-0.2, 0) is 6.42 Å². The Balaban J connectivity index is 2.08. The summed E-state index contributed by atoms with van der Waals surface area (Å²) in [5.74, 6) is 6.81. The van der Waals surface area contributed by atoms with Crippen molar-refractivity contribution >= 4 is 11.3 Å². The number of aryl methyl sites for hydroxylation is 3. The number of aromatic nitrogens is 1. The molecular weight excluding hydrogens is 270 g/mol. The monoisotopic (exact) mass is 289 g/mol. The molecule has 0 spiro atoms. The number of ether oxygens (including phenoxy) is 1. The summed E-state index contributed by atoms with van der Waals surface area (Å²) < 4.78 is 5.89. The van der Waals surface area contributed by atoms with Gasteiger partial charge in [-0.2, -0.15) is 0 Å². The summed E-state index contributed by atoms with van der Waals surface area (Å²) in [6, 6.07) is 6.24. The first-order chi connectivity index (χ1) is 9.70. The highest BCUT2D eigenvalue weighted by atomic mass is 32.1. The van der Waals surface area contributed by atoms with Crippen LogP contribution >= 0.6 is 11.3 Å². The van der Waals surface area contributed by atoms with Crippen LogP contribution in [0.5, 0.6) is 5.75 Å². The molecule has 1 aliphatic rings. The number of nitrogens with one attached hydrogen (secondary N) is 1. The van der Waals surface area contributed by atoms with Crippen molar-refractivity contribution in [1.29, 1.82) is 0 Å². The van der Waals surface area contributed by atoms with E-state index in [0.29, 0.717) is 0 Å². The molecule has 1 aromatic carbocycles. The molecule has 106 valence electrons. The molecule has 0 saturated heterocycles. The third kappa shape index (κ3) is 2.32. The lowest BCUT2D eigenvalue weighted by Gasteiger charge is -2.24. The summed E-state index contributed by atoms with van der Waals surface area (Å²) in [5.41, 5.74) is 6.34. The molecule has 0 saturated carbocycles. The molecule has 0 amide bonds. The van der Waals surface area contributed by atoms with Gasteiger partial charge in [0.15, 0.2) is 0 Å². The maximum Gasteiger partial charge on any atom is 0.127 e. The lowest BCUT2D eigenvalue weighted by atomic mass is 9.97. The molecule has 1 aliphatic heterocycles. The number of hydrogen-bond acceptors (Lipinski definition) is 5. The molecule has 1 unspecified atom stereocenters. The van der Waals surface area contributed by atoms with Crippen LogP contribution in [0.2, 0.25) is 0 Å². The maximum absolute atomic E-state index is 5.89. The van der Waals surface area contributed by atoms with Gasteiger partial charge in [-0.05, 0) is 32.3 Å². The molecule has 3 N–H and O–H groups in total. The predicted molar refractivity (Wildman–Crippen MR) is 81.0 cm³/mol. The smallest absolute Gasteiger partial charge is 0.127 e. The SMILES string of the molecule is Cc1nc(C)c(C(NN)c2cccc3c2OCCC3)s1. The zero-order chi connectivity index (χ0) is 14.1. The highest BCUT2D eigenvalue weighted by Crippen LogP contribution is 2.37. The number of benzene rings is 1. The Morgan fingerprint density at radius 1 is 1.40 bits per heavy atom. The first-order valence-corrected chi connectivity index (χ1v) is 7.67. The fraction of sp³-hybridized carbons (Fsp3) is 0.400. The van der Waals surface area contributed by atoms with Gasteiger partial charge in [-0.25, -0.2) is 10.4 Å². The average Bonchev–Trinajstić information content (AvgIpc) is 2.79. The van der Waals surface area contributed by atoms with Crippen molar-refractivity contribution in [3.8, 4) is 5.75 Å². The van der Waals surface area contributed by atoms with Crippen LogP contribution < -0.4 is 16.0 Å². The van der Waals surface area contributed by atoms with Crippen molar-refractivity contribution in [2.45, 2.75) is 32.7 Å². The van der Waals surface area contributed by atoms with Crippen LogP contribution in [-0.4, -0.2) is 11.6 Å². The van der Waals surface area contributed by atoms with Crippen molar-refractivity contribution in [2.24, 2.45) is 5.84 Å². The van der Waals surface area contributed by atoms with Gasteiger partial charge >= 0.3 is 0 Å². The highest BCUT2D eigenvalue weighted by molar-refractivity contribution is 7.11. The van der Waals surface area contributed by atoms with Gasteiger partial charge in [-0.15, -0.1) is 11.3 Å². The number of hydrazine groups is 1. The van der Waals surface area contributed by atoms with E-state index in [0.717, 1.165) is 46.3 Å². The summed E-state index contributed by atoms with van der Waals surface area (Å²) in [6.07, 6.45) is 2.15. The Morgan fingerprint density at radius 2 is 2.25 bits per heavy atom. The molecule has 20 heavy (non-hydrogen) atoms. The van der Waals surface area contributed by atoms with Crippen LogP contribution in [0.3, 0.4) is 0 Å². The lowest BCUT2D eigenvalue weighted by Crippen LogP contribution is -2.29. The largest absolute Gasteiger partial charge is 0.493 e. The van der Waals surface area contributed by atoms with Crippen molar-refractivity contribution in [2.75, 3.05) is 6.61 Å². The third-order valence-corrected chi connectivity index (χ3v) is 4.78. The molecule has 0 aliphatic carbocycles. The Kier molecular flexibility index (Phi) is 3.74. The summed E-state index contributed by atoms with van der Waals surface area (Å²) in [4.78, 5) is 5.66. The first kappa shape index (κ1) is 13.5. The van der Waals surface area contributed by atoms with Crippen molar-refractivity contribution in [3.63, 3.8) is 0 Å².